The van der Waals surface area contributed by atoms with Crippen LogP contribution in [0, 0.1) is 0 Å². The third-order valence-corrected chi connectivity index (χ3v) is 26.1. The molecule has 1 aliphatic rings. The molecule has 0 aliphatic carbocycles. The Kier molecular flexibility index (Phi) is 50.1. The minimum atomic E-state index is -3.61. The van der Waals surface area contributed by atoms with Crippen molar-refractivity contribution < 1.29 is 105 Å². The summed E-state index contributed by atoms with van der Waals surface area (Å²) >= 11 is 19.3. The van der Waals surface area contributed by atoms with Crippen molar-refractivity contribution in [1.82, 2.24) is 74.7 Å². The number of thioether (sulfide) groups is 4. The second-order valence-electron chi connectivity index (χ2n) is 32.2. The van der Waals surface area contributed by atoms with Gasteiger partial charge in [0.2, 0.25) is 9.05 Å². The number of aliphatic hydroxyl groups is 2. The molecule has 0 saturated carbocycles. The maximum Gasteiger partial charge on any atom is 1.00 e. The Labute approximate surface area is 881 Å². The number of rotatable bonds is 25. The average Bonchev–Trinajstić information content (AvgIpc) is 1.61. The average molecular weight is 2280 g/mol. The van der Waals surface area contributed by atoms with E-state index in [1.54, 1.807) is 83.7 Å². The number of benzene rings is 4. The largest absolute Gasteiger partial charge is 1.00 e. The number of aliphatic hydroxyl groups excluding tert-OH is 2. The maximum absolute atomic E-state index is 13.0. The molecule has 8 aromatic heterocycles. The van der Waals surface area contributed by atoms with Crippen LogP contribution in [0.3, 0.4) is 0 Å². The van der Waals surface area contributed by atoms with Gasteiger partial charge in [-0.1, -0.05) is 166 Å². The van der Waals surface area contributed by atoms with Crippen molar-refractivity contribution in [3.8, 4) is 0 Å². The molecule has 0 spiro atoms. The van der Waals surface area contributed by atoms with Gasteiger partial charge in [-0.2, -0.15) is 8.42 Å². The number of halogens is 5. The Balaban J connectivity index is 0.000000579. The molecule has 0 unspecified atom stereocenters. The fourth-order valence-corrected chi connectivity index (χ4v) is 18.8. The number of aromatic nitrogens is 16. The van der Waals surface area contributed by atoms with Crippen LogP contribution in [0.25, 0.3) is 44.7 Å². The van der Waals surface area contributed by atoms with E-state index >= 15 is 0 Å². The van der Waals surface area contributed by atoms with Crippen LogP contribution in [0.1, 0.15) is 120 Å². The molecule has 12 aromatic rings. The third kappa shape index (κ3) is 34.9. The van der Waals surface area contributed by atoms with Crippen LogP contribution in [0.15, 0.2) is 174 Å². The number of carbonyl (C=O) groups is 1. The number of ether oxygens (including phenoxy) is 3. The van der Waals surface area contributed by atoms with E-state index in [1.165, 1.54) is 94.6 Å². The minimum absolute atomic E-state index is 0. The number of imidazole rings is 4. The number of carbonyl (C=O) groups excluding carboxylic acids is 1. The summed E-state index contributed by atoms with van der Waals surface area (Å²) in [6, 6.07) is 31.1. The van der Waals surface area contributed by atoms with Gasteiger partial charge in [-0.25, -0.2) is 47.5 Å². The Hall–Kier alpha value is -6.12. The SMILES string of the molecule is C1CCOC1.CCO.CCOC(=O)C(C)(C)Sc1nc2c(c(=O)n(C)c(=O)n2C)n1Cc1cccc(Br)c1.CCOCC(C)(C)Sc1nc2c(c(=O)n(C)c(=O)n2C)n1Cc1cccc(Br)c1.CC[O-].CS(=O)(=O)Cl.Cn1c(=O)c2c(nc(SC(C)(C)CO)n2Cc2cccc(Br)c2)n(C)c1=O.Cn1c(=O)c2c(nc(SC(C)(C)COS(C)(=O)=O)n2Cc2cccc(Br)c2)n(C)c1=O.[B].[H-].[Li+].[Na+]. The Bertz CT molecular complexity index is 6900. The molecule has 136 heavy (non-hydrogen) atoms. The Morgan fingerprint density at radius 2 is 0.721 bits per heavy atom. The molecule has 4 aromatic carbocycles. The van der Waals surface area contributed by atoms with Crippen molar-refractivity contribution in [2.24, 2.45) is 56.4 Å². The molecule has 13 rings (SSSR count). The van der Waals surface area contributed by atoms with Crippen molar-refractivity contribution in [2.75, 3.05) is 72.0 Å². The van der Waals surface area contributed by atoms with Crippen molar-refractivity contribution >= 4 is 200 Å². The maximum atomic E-state index is 13.0. The van der Waals surface area contributed by atoms with Crippen LogP contribution in [0.2, 0.25) is 0 Å². The van der Waals surface area contributed by atoms with Gasteiger partial charge >= 0.3 is 77.1 Å². The summed E-state index contributed by atoms with van der Waals surface area (Å²) in [5, 5.41) is 28.4. The molecule has 2 N–H and O–H groups in total. The second-order valence-corrected chi connectivity index (χ2v) is 47.2. The molecule has 735 valence electrons. The van der Waals surface area contributed by atoms with Gasteiger partial charge in [-0.15, -0.1) is 6.61 Å². The van der Waals surface area contributed by atoms with Crippen LogP contribution in [0.4, 0.5) is 0 Å². The van der Waals surface area contributed by atoms with Crippen LogP contribution < -0.4 is 98.5 Å². The first-order valence-electron chi connectivity index (χ1n) is 41.2. The van der Waals surface area contributed by atoms with E-state index in [1.807, 2.05) is 141 Å². The van der Waals surface area contributed by atoms with Gasteiger partial charge in [0.15, 0.2) is 65.3 Å². The van der Waals surface area contributed by atoms with E-state index in [0.29, 0.717) is 93.4 Å². The summed E-state index contributed by atoms with van der Waals surface area (Å²) in [5.41, 5.74) is 3.21. The Morgan fingerprint density at radius 1 is 0.471 bits per heavy atom. The summed E-state index contributed by atoms with van der Waals surface area (Å²) in [6.07, 6.45) is 4.48. The van der Waals surface area contributed by atoms with Crippen molar-refractivity contribution in [3.63, 3.8) is 0 Å². The smallest absolute Gasteiger partial charge is 1.00 e. The number of esters is 1. The first kappa shape index (κ1) is 124. The second kappa shape index (κ2) is 54.9. The predicted octanol–water partition coefficient (Wildman–Crippen LogP) is 4.12. The zero-order chi connectivity index (χ0) is 100. The molecular formula is C86H115BBr4ClLiN16NaO20S6. The van der Waals surface area contributed by atoms with Crippen LogP contribution in [-0.4, -0.2) is 207 Å². The molecular weight excluding hydrogens is 2170 g/mol. The monoisotopic (exact) mass is 2280 g/mol. The van der Waals surface area contributed by atoms with E-state index < -0.39 is 61.6 Å². The molecule has 9 heterocycles. The van der Waals surface area contributed by atoms with Crippen LogP contribution >= 0.6 is 121 Å². The van der Waals surface area contributed by atoms with Crippen molar-refractivity contribution in [1.29, 1.82) is 0 Å². The van der Waals surface area contributed by atoms with Gasteiger partial charge in [-0.05, 0) is 160 Å². The van der Waals surface area contributed by atoms with Crippen molar-refractivity contribution in [3.05, 3.63) is 221 Å². The quantitative estimate of drug-likeness (QED) is 0.0267. The van der Waals surface area contributed by atoms with E-state index in [-0.39, 0.29) is 130 Å². The van der Waals surface area contributed by atoms with Crippen LogP contribution in [0.5, 0.6) is 0 Å². The topological polar surface area (TPSA) is 433 Å². The van der Waals surface area contributed by atoms with E-state index in [2.05, 4.69) is 103 Å². The fourth-order valence-electron chi connectivity index (χ4n) is 12.4. The van der Waals surface area contributed by atoms with Gasteiger partial charge in [0.1, 0.15) is 4.75 Å². The molecule has 50 heteroatoms. The number of hydrogen-bond acceptors (Lipinski definition) is 28. The van der Waals surface area contributed by atoms with Gasteiger partial charge in [0.05, 0.1) is 65.1 Å². The van der Waals surface area contributed by atoms with Crippen molar-refractivity contribution in [2.45, 2.75) is 162 Å². The van der Waals surface area contributed by atoms with E-state index in [4.69, 9.17) is 33.6 Å². The molecule has 36 nitrogen and oxygen atoms in total. The Morgan fingerprint density at radius 3 is 0.941 bits per heavy atom. The minimum Gasteiger partial charge on any atom is -1.00 e. The number of fused-ring (bicyclic) bond motifs is 4. The third-order valence-electron chi connectivity index (χ3n) is 18.9. The summed E-state index contributed by atoms with van der Waals surface area (Å²) in [4.78, 5) is 132. The summed E-state index contributed by atoms with van der Waals surface area (Å²) < 4.78 is 80.8. The predicted molar refractivity (Wildman–Crippen MR) is 546 cm³/mol. The fraction of sp³-hybridized carbons (Fsp3) is 0.477. The summed E-state index contributed by atoms with van der Waals surface area (Å²) in [5.74, 6) is -0.377. The molecule has 1 fully saturated rings. The summed E-state index contributed by atoms with van der Waals surface area (Å²) in [6.45, 7) is 27.2. The van der Waals surface area contributed by atoms with Gasteiger partial charge in [-0.3, -0.25) is 64.7 Å². The number of hydrogen-bond donors (Lipinski definition) is 2. The molecule has 0 amide bonds. The molecule has 1 aliphatic heterocycles. The molecule has 0 atom stereocenters. The van der Waals surface area contributed by atoms with E-state index in [9.17, 15) is 65.1 Å². The van der Waals surface area contributed by atoms with Gasteiger partial charge < -0.3 is 49.2 Å². The zero-order valence-electron chi connectivity index (χ0n) is 81.7. The van der Waals surface area contributed by atoms with Crippen LogP contribution in [-0.2, 0) is 125 Å². The van der Waals surface area contributed by atoms with E-state index in [0.717, 1.165) is 84.1 Å². The normalized spacial score (nSPS) is 12.0. The first-order valence-corrected chi connectivity index (χ1v) is 52.2. The standard InChI is InChI=1S/C20H23BrN4O4S.C20H25BrN4O3S.C19H23BrN4O5S2.C18H21BrN4O3S.C4H8O.C2H6O.C2H5O.CH3ClO2S.B.Li.Na.H/c1-6-29-17(27)20(2,3)30-18-22-15-14(16(26)24(5)19(28)23(15)4)25(18)11-12-8-7-9-13(21)10-12;1-6-28-12-20(2,3)29-18-22-16-15(17(26)24(5)19(27)23(16)4)25(18)11-13-8-7-9-14(21)10-13;1-19(2,11-29-31(5,27)28)30-17-21-15-14(16(25)23(4)18(26)22(15)3)24(17)10-12-7-6-8-13(20)9-12;1-18(2,10-24)27-16-20-14-13(15(25)22(4)17(26)21(14)3)23(16)9-11-6-5-7-12(19)8-11;1-2-4-5-3-1;2*1-2-3;1-5(2,3)4;;;;/h7-10H,6,11H2,1-5H3;7-10H,6,11-12H2,1-5H3;6-9H,10-11H2,1-5H3;5-8,24H,9-10H2,1-4H3;1-4H2;3H,2H2,1H3;2H2,1H3;1H3;;;;/q;;;;;;-1;;;2*+1;-1. The first-order chi connectivity index (χ1) is 62.0. The molecule has 3 radical (unpaired) electrons. The zero-order valence-corrected chi connectivity index (χ0v) is 94.7. The number of aryl methyl sites for hydroxylation is 4. The molecule has 0 bridgehead atoms. The number of nitrogens with zero attached hydrogens (tertiary/aromatic N) is 16. The molecule has 1 saturated heterocycles. The van der Waals surface area contributed by atoms with Gasteiger partial charge in [0, 0.05) is 134 Å². The summed E-state index contributed by atoms with van der Waals surface area (Å²) in [7, 11) is 9.90. The van der Waals surface area contributed by atoms with Gasteiger partial charge in [0.25, 0.3) is 32.4 Å².